The maximum atomic E-state index is 12.9. The molecule has 0 atom stereocenters. The smallest absolute Gasteiger partial charge is 0.399 e. The highest BCUT2D eigenvalue weighted by molar-refractivity contribution is 6.62. The summed E-state index contributed by atoms with van der Waals surface area (Å²) in [5.41, 5.74) is -0.00168. The topological polar surface area (TPSA) is 47.6 Å². The predicted molar refractivity (Wildman–Crippen MR) is 92.6 cm³/mol. The van der Waals surface area contributed by atoms with Gasteiger partial charge in [-0.25, -0.2) is 8.78 Å². The van der Waals surface area contributed by atoms with Crippen LogP contribution in [0.4, 0.5) is 8.78 Å². The standard InChI is InChI=1S/C17H21BClF2NO3/c1-15(2)16(3,4)25-18(24-15)10-5-6-12(13(19)7-10)14(23)22-11-8-17(20,21)9-11/h5-7,11H,8-9H2,1-4H3,(H,22,23). The van der Waals surface area contributed by atoms with Gasteiger partial charge in [-0.3, -0.25) is 4.79 Å². The second-order valence-electron chi connectivity index (χ2n) is 7.76. The van der Waals surface area contributed by atoms with E-state index < -0.39 is 36.2 Å². The molecule has 2 fully saturated rings. The molecule has 2 aliphatic rings. The average Bonchev–Trinajstić information content (AvgIpc) is 2.65. The largest absolute Gasteiger partial charge is 0.494 e. The Morgan fingerprint density at radius 2 is 1.76 bits per heavy atom. The van der Waals surface area contributed by atoms with E-state index in [0.717, 1.165) is 0 Å². The fraction of sp³-hybridized carbons (Fsp3) is 0.588. The number of carbonyl (C=O) groups excluding carboxylic acids is 1. The lowest BCUT2D eigenvalue weighted by Crippen LogP contribution is -2.50. The van der Waals surface area contributed by atoms with Gasteiger partial charge in [0.15, 0.2) is 0 Å². The van der Waals surface area contributed by atoms with E-state index in [1.54, 1.807) is 18.2 Å². The Kier molecular flexibility index (Phi) is 4.41. The molecule has 1 N–H and O–H groups in total. The quantitative estimate of drug-likeness (QED) is 0.830. The van der Waals surface area contributed by atoms with Gasteiger partial charge in [0.1, 0.15) is 0 Å². The first kappa shape index (κ1) is 18.6. The summed E-state index contributed by atoms with van der Waals surface area (Å²) in [4.78, 5) is 12.2. The molecule has 136 valence electrons. The van der Waals surface area contributed by atoms with Crippen LogP contribution in [-0.2, 0) is 9.31 Å². The Bertz CT molecular complexity index is 687. The van der Waals surface area contributed by atoms with Crippen molar-refractivity contribution in [2.45, 2.75) is 63.7 Å². The van der Waals surface area contributed by atoms with E-state index in [2.05, 4.69) is 5.32 Å². The van der Waals surface area contributed by atoms with Crippen LogP contribution in [0.3, 0.4) is 0 Å². The molecule has 3 rings (SSSR count). The molecule has 25 heavy (non-hydrogen) atoms. The number of hydrogen-bond acceptors (Lipinski definition) is 3. The molecule has 1 saturated carbocycles. The van der Waals surface area contributed by atoms with Crippen molar-refractivity contribution in [3.8, 4) is 0 Å². The van der Waals surface area contributed by atoms with Crippen LogP contribution in [0.15, 0.2) is 18.2 Å². The monoisotopic (exact) mass is 371 g/mol. The first-order valence-corrected chi connectivity index (χ1v) is 8.62. The fourth-order valence-electron chi connectivity index (χ4n) is 2.87. The van der Waals surface area contributed by atoms with Gasteiger partial charge in [0.05, 0.1) is 21.8 Å². The third-order valence-electron chi connectivity index (χ3n) is 5.19. The first-order valence-electron chi connectivity index (χ1n) is 8.24. The molecule has 0 aromatic heterocycles. The van der Waals surface area contributed by atoms with E-state index in [1.807, 2.05) is 27.7 Å². The number of benzene rings is 1. The molecule has 1 heterocycles. The Hall–Kier alpha value is -1.18. The summed E-state index contributed by atoms with van der Waals surface area (Å²) >= 11 is 6.23. The SMILES string of the molecule is CC1(C)OB(c2ccc(C(=O)NC3CC(F)(F)C3)c(Cl)c2)OC1(C)C. The molecule has 0 bridgehead atoms. The molecule has 0 spiro atoms. The second-order valence-corrected chi connectivity index (χ2v) is 8.17. The van der Waals surface area contributed by atoms with Crippen molar-refractivity contribution in [3.05, 3.63) is 28.8 Å². The summed E-state index contributed by atoms with van der Waals surface area (Å²) in [6.07, 6.45) is -0.662. The number of hydrogen-bond donors (Lipinski definition) is 1. The molecule has 0 radical (unpaired) electrons. The van der Waals surface area contributed by atoms with Gasteiger partial charge in [0.25, 0.3) is 11.8 Å². The minimum Gasteiger partial charge on any atom is -0.399 e. The molecule has 1 saturated heterocycles. The van der Waals surface area contributed by atoms with Crippen LogP contribution < -0.4 is 10.8 Å². The summed E-state index contributed by atoms with van der Waals surface area (Å²) in [5, 5.41) is 2.81. The highest BCUT2D eigenvalue weighted by Crippen LogP contribution is 2.38. The zero-order valence-corrected chi connectivity index (χ0v) is 15.4. The highest BCUT2D eigenvalue weighted by Gasteiger charge is 2.52. The summed E-state index contributed by atoms with van der Waals surface area (Å²) in [6.45, 7) is 7.80. The van der Waals surface area contributed by atoms with Crippen LogP contribution in [0.25, 0.3) is 0 Å². The molecule has 1 amide bonds. The third-order valence-corrected chi connectivity index (χ3v) is 5.50. The molecule has 1 aromatic carbocycles. The van der Waals surface area contributed by atoms with Crippen LogP contribution in [0.5, 0.6) is 0 Å². The molecular weight excluding hydrogens is 350 g/mol. The Morgan fingerprint density at radius 3 is 2.24 bits per heavy atom. The molecular formula is C17H21BClF2NO3. The zero-order valence-electron chi connectivity index (χ0n) is 14.7. The van der Waals surface area contributed by atoms with Crippen LogP contribution in [0, 0.1) is 0 Å². The van der Waals surface area contributed by atoms with Crippen molar-refractivity contribution in [1.29, 1.82) is 0 Å². The predicted octanol–water partition coefficient (Wildman–Crippen LogP) is 3.17. The van der Waals surface area contributed by atoms with Crippen LogP contribution in [-0.4, -0.2) is 36.2 Å². The van der Waals surface area contributed by atoms with Gasteiger partial charge in [-0.1, -0.05) is 17.7 Å². The van der Waals surface area contributed by atoms with E-state index in [0.29, 0.717) is 5.46 Å². The van der Waals surface area contributed by atoms with Crippen molar-refractivity contribution in [1.82, 2.24) is 5.32 Å². The van der Waals surface area contributed by atoms with Gasteiger partial charge < -0.3 is 14.6 Å². The number of nitrogens with one attached hydrogen (secondary N) is 1. The first-order chi connectivity index (χ1) is 11.4. The summed E-state index contributed by atoms with van der Waals surface area (Å²) in [5.74, 6) is -3.13. The second kappa shape index (κ2) is 5.93. The van der Waals surface area contributed by atoms with Gasteiger partial charge >= 0.3 is 7.12 Å². The lowest BCUT2D eigenvalue weighted by atomic mass is 9.78. The van der Waals surface area contributed by atoms with Crippen molar-refractivity contribution in [2.75, 3.05) is 0 Å². The Balaban J connectivity index is 1.70. The van der Waals surface area contributed by atoms with Crippen molar-refractivity contribution in [2.24, 2.45) is 0 Å². The zero-order chi connectivity index (χ0) is 18.6. The van der Waals surface area contributed by atoms with Crippen molar-refractivity contribution < 1.29 is 22.9 Å². The van der Waals surface area contributed by atoms with Crippen LogP contribution >= 0.6 is 11.6 Å². The lowest BCUT2D eigenvalue weighted by molar-refractivity contribution is -0.0901. The van der Waals surface area contributed by atoms with Gasteiger partial charge in [-0.05, 0) is 45.3 Å². The average molecular weight is 372 g/mol. The van der Waals surface area contributed by atoms with Gasteiger partial charge in [0.2, 0.25) is 0 Å². The number of alkyl halides is 2. The molecule has 8 heteroatoms. The number of halogens is 3. The van der Waals surface area contributed by atoms with Crippen molar-refractivity contribution >= 4 is 30.1 Å². The molecule has 4 nitrogen and oxygen atoms in total. The summed E-state index contributed by atoms with van der Waals surface area (Å²) in [7, 11) is -0.579. The summed E-state index contributed by atoms with van der Waals surface area (Å²) in [6, 6.07) is 4.38. The molecule has 0 unspecified atom stereocenters. The number of carbonyl (C=O) groups is 1. The maximum absolute atomic E-state index is 12.9. The minimum atomic E-state index is -2.68. The van der Waals surface area contributed by atoms with E-state index in [1.165, 1.54) is 0 Å². The van der Waals surface area contributed by atoms with Gasteiger partial charge in [0, 0.05) is 18.9 Å². The van der Waals surface area contributed by atoms with E-state index >= 15 is 0 Å². The molecule has 1 aromatic rings. The van der Waals surface area contributed by atoms with E-state index in [-0.39, 0.29) is 23.4 Å². The van der Waals surface area contributed by atoms with E-state index in [9.17, 15) is 13.6 Å². The van der Waals surface area contributed by atoms with Crippen LogP contribution in [0.1, 0.15) is 50.9 Å². The van der Waals surface area contributed by atoms with Gasteiger partial charge in [-0.15, -0.1) is 0 Å². The minimum absolute atomic E-state index is 0.232. The summed E-state index contributed by atoms with van der Waals surface area (Å²) < 4.78 is 37.6. The number of rotatable bonds is 3. The maximum Gasteiger partial charge on any atom is 0.494 e. The fourth-order valence-corrected chi connectivity index (χ4v) is 3.14. The van der Waals surface area contributed by atoms with Crippen molar-refractivity contribution in [3.63, 3.8) is 0 Å². The Morgan fingerprint density at radius 1 is 1.20 bits per heavy atom. The third kappa shape index (κ3) is 3.55. The molecule has 1 aliphatic heterocycles. The lowest BCUT2D eigenvalue weighted by Gasteiger charge is -2.35. The van der Waals surface area contributed by atoms with Crippen LogP contribution in [0.2, 0.25) is 5.02 Å². The Labute approximate surface area is 151 Å². The molecule has 1 aliphatic carbocycles. The van der Waals surface area contributed by atoms with Gasteiger partial charge in [-0.2, -0.15) is 0 Å². The normalized spacial score (nSPS) is 24.0. The number of amides is 1. The van der Waals surface area contributed by atoms with E-state index in [4.69, 9.17) is 20.9 Å². The highest BCUT2D eigenvalue weighted by atomic mass is 35.5.